The summed E-state index contributed by atoms with van der Waals surface area (Å²) in [5.41, 5.74) is 4.79. The largest absolute Gasteiger partial charge is 0.480 e. The van der Waals surface area contributed by atoms with Gasteiger partial charge in [0.2, 0.25) is 5.91 Å². The molecule has 0 aliphatic heterocycles. The standard InChI is InChI=1S/C11H18N2O3/c1-4-6-13(7-9(14)15)10(16)11(3,5-2)8-12/h1H,5-8,12H2,2-3H3,(H,14,15). The van der Waals surface area contributed by atoms with Gasteiger partial charge in [-0.05, 0) is 13.3 Å². The molecule has 90 valence electrons. The molecule has 0 saturated heterocycles. The fourth-order valence-corrected chi connectivity index (χ4v) is 1.24. The van der Waals surface area contributed by atoms with E-state index in [-0.39, 0.29) is 19.0 Å². The SMILES string of the molecule is C#CCN(CC(=O)O)C(=O)C(C)(CC)CN. The van der Waals surface area contributed by atoms with Gasteiger partial charge in [0.15, 0.2) is 0 Å². The molecule has 1 atom stereocenters. The lowest BCUT2D eigenvalue weighted by Gasteiger charge is -2.31. The molecule has 0 rings (SSSR count). The zero-order valence-corrected chi connectivity index (χ0v) is 9.69. The molecule has 0 aliphatic carbocycles. The summed E-state index contributed by atoms with van der Waals surface area (Å²) in [6, 6.07) is 0. The van der Waals surface area contributed by atoms with E-state index in [0.29, 0.717) is 6.42 Å². The number of amides is 1. The minimum Gasteiger partial charge on any atom is -0.480 e. The van der Waals surface area contributed by atoms with Crippen LogP contribution in [0.1, 0.15) is 20.3 Å². The van der Waals surface area contributed by atoms with Crippen LogP contribution in [0.3, 0.4) is 0 Å². The molecular weight excluding hydrogens is 208 g/mol. The van der Waals surface area contributed by atoms with E-state index in [1.807, 2.05) is 6.92 Å². The molecule has 0 fully saturated rings. The van der Waals surface area contributed by atoms with Crippen LogP contribution in [0.5, 0.6) is 0 Å². The maximum Gasteiger partial charge on any atom is 0.323 e. The van der Waals surface area contributed by atoms with Crippen molar-refractivity contribution in [1.29, 1.82) is 0 Å². The molecule has 0 aromatic rings. The summed E-state index contributed by atoms with van der Waals surface area (Å²) in [5.74, 6) is 0.884. The number of terminal acetylenes is 1. The van der Waals surface area contributed by atoms with E-state index in [2.05, 4.69) is 5.92 Å². The Labute approximate surface area is 95.6 Å². The third kappa shape index (κ3) is 3.55. The number of hydrogen-bond donors (Lipinski definition) is 2. The highest BCUT2D eigenvalue weighted by Gasteiger charge is 2.34. The molecular formula is C11H18N2O3. The van der Waals surface area contributed by atoms with Gasteiger partial charge in [-0.25, -0.2) is 0 Å². The Bertz CT molecular complexity index is 303. The van der Waals surface area contributed by atoms with Gasteiger partial charge in [-0.15, -0.1) is 6.42 Å². The fraction of sp³-hybridized carbons (Fsp3) is 0.636. The first-order valence-electron chi connectivity index (χ1n) is 5.06. The molecule has 0 bridgehead atoms. The van der Waals surface area contributed by atoms with Gasteiger partial charge < -0.3 is 15.7 Å². The van der Waals surface area contributed by atoms with Gasteiger partial charge >= 0.3 is 5.97 Å². The molecule has 0 heterocycles. The minimum atomic E-state index is -1.08. The smallest absolute Gasteiger partial charge is 0.323 e. The maximum absolute atomic E-state index is 12.0. The lowest BCUT2D eigenvalue weighted by atomic mass is 9.86. The first-order chi connectivity index (χ1) is 7.41. The third-order valence-corrected chi connectivity index (χ3v) is 2.64. The minimum absolute atomic E-state index is 0.0132. The highest BCUT2D eigenvalue weighted by Crippen LogP contribution is 2.22. The van der Waals surface area contributed by atoms with Crippen molar-refractivity contribution in [2.24, 2.45) is 11.1 Å². The summed E-state index contributed by atoms with van der Waals surface area (Å²) >= 11 is 0. The van der Waals surface area contributed by atoms with Crippen LogP contribution in [0.25, 0.3) is 0 Å². The second-order valence-electron chi connectivity index (χ2n) is 3.88. The zero-order chi connectivity index (χ0) is 12.8. The summed E-state index contributed by atoms with van der Waals surface area (Å²) in [4.78, 5) is 23.8. The summed E-state index contributed by atoms with van der Waals surface area (Å²) in [6.45, 7) is 3.31. The summed E-state index contributed by atoms with van der Waals surface area (Å²) in [5, 5.41) is 8.68. The topological polar surface area (TPSA) is 83.6 Å². The second-order valence-corrected chi connectivity index (χ2v) is 3.88. The Hall–Kier alpha value is -1.54. The molecule has 5 heteroatoms. The van der Waals surface area contributed by atoms with Gasteiger partial charge in [-0.3, -0.25) is 9.59 Å². The van der Waals surface area contributed by atoms with E-state index in [1.54, 1.807) is 6.92 Å². The van der Waals surface area contributed by atoms with E-state index < -0.39 is 17.9 Å². The highest BCUT2D eigenvalue weighted by molar-refractivity contribution is 5.86. The molecule has 0 aliphatic rings. The predicted molar refractivity (Wildman–Crippen MR) is 60.5 cm³/mol. The number of carboxylic acids is 1. The molecule has 1 amide bonds. The molecule has 5 nitrogen and oxygen atoms in total. The Balaban J connectivity index is 4.86. The lowest BCUT2D eigenvalue weighted by molar-refractivity contribution is -0.148. The molecule has 16 heavy (non-hydrogen) atoms. The number of nitrogens with zero attached hydrogens (tertiary/aromatic N) is 1. The van der Waals surface area contributed by atoms with Crippen LogP contribution >= 0.6 is 0 Å². The summed E-state index contributed by atoms with van der Waals surface area (Å²) in [7, 11) is 0. The number of nitrogens with two attached hydrogens (primary N) is 1. The average Bonchev–Trinajstić information content (AvgIpc) is 2.26. The van der Waals surface area contributed by atoms with Crippen molar-refractivity contribution in [3.63, 3.8) is 0 Å². The van der Waals surface area contributed by atoms with E-state index in [0.717, 1.165) is 4.90 Å². The van der Waals surface area contributed by atoms with Crippen molar-refractivity contribution in [2.75, 3.05) is 19.6 Å². The van der Waals surface area contributed by atoms with Crippen LogP contribution in [-0.4, -0.2) is 41.5 Å². The van der Waals surface area contributed by atoms with Crippen molar-refractivity contribution in [3.8, 4) is 12.3 Å². The summed E-state index contributed by atoms with van der Waals surface area (Å²) < 4.78 is 0. The van der Waals surface area contributed by atoms with Gasteiger partial charge in [-0.1, -0.05) is 12.8 Å². The molecule has 0 spiro atoms. The second kappa shape index (κ2) is 6.13. The van der Waals surface area contributed by atoms with E-state index in [4.69, 9.17) is 17.3 Å². The van der Waals surface area contributed by atoms with Crippen molar-refractivity contribution < 1.29 is 14.7 Å². The van der Waals surface area contributed by atoms with Gasteiger partial charge in [0, 0.05) is 6.54 Å². The van der Waals surface area contributed by atoms with Crippen LogP contribution in [0.4, 0.5) is 0 Å². The molecule has 1 unspecified atom stereocenters. The number of hydrogen-bond acceptors (Lipinski definition) is 3. The van der Waals surface area contributed by atoms with Crippen LogP contribution in [-0.2, 0) is 9.59 Å². The Kier molecular flexibility index (Phi) is 5.54. The van der Waals surface area contributed by atoms with E-state index in [1.165, 1.54) is 0 Å². The number of carbonyl (C=O) groups excluding carboxylic acids is 1. The summed E-state index contributed by atoms with van der Waals surface area (Å²) in [6.07, 6.45) is 5.65. The van der Waals surface area contributed by atoms with Crippen LogP contribution in [0.2, 0.25) is 0 Å². The molecule has 3 N–H and O–H groups in total. The normalized spacial score (nSPS) is 13.6. The van der Waals surface area contributed by atoms with Crippen LogP contribution < -0.4 is 5.73 Å². The van der Waals surface area contributed by atoms with Crippen molar-refractivity contribution in [3.05, 3.63) is 0 Å². The van der Waals surface area contributed by atoms with Gasteiger partial charge in [-0.2, -0.15) is 0 Å². The van der Waals surface area contributed by atoms with E-state index in [9.17, 15) is 9.59 Å². The quantitative estimate of drug-likeness (QED) is 0.620. The van der Waals surface area contributed by atoms with Gasteiger partial charge in [0.1, 0.15) is 6.54 Å². The van der Waals surface area contributed by atoms with Crippen LogP contribution in [0, 0.1) is 17.8 Å². The van der Waals surface area contributed by atoms with E-state index >= 15 is 0 Å². The molecule has 0 saturated carbocycles. The number of carbonyl (C=O) groups is 2. The van der Waals surface area contributed by atoms with Gasteiger partial charge in [0.05, 0.1) is 12.0 Å². The molecule has 0 aromatic heterocycles. The average molecular weight is 226 g/mol. The lowest BCUT2D eigenvalue weighted by Crippen LogP contribution is -2.48. The Morgan fingerprint density at radius 3 is 2.44 bits per heavy atom. The van der Waals surface area contributed by atoms with Gasteiger partial charge in [0.25, 0.3) is 0 Å². The number of aliphatic carboxylic acids is 1. The third-order valence-electron chi connectivity index (χ3n) is 2.64. The van der Waals surface area contributed by atoms with Crippen molar-refractivity contribution >= 4 is 11.9 Å². The maximum atomic E-state index is 12.0. The Morgan fingerprint density at radius 2 is 2.12 bits per heavy atom. The first kappa shape index (κ1) is 14.5. The fourth-order valence-electron chi connectivity index (χ4n) is 1.24. The number of carboxylic acid groups (broad SMARTS) is 1. The number of rotatable bonds is 6. The zero-order valence-electron chi connectivity index (χ0n) is 9.69. The molecule has 0 radical (unpaired) electrons. The monoisotopic (exact) mass is 226 g/mol. The predicted octanol–water partition coefficient (Wildman–Crippen LogP) is -0.0922. The Morgan fingerprint density at radius 1 is 1.56 bits per heavy atom. The van der Waals surface area contributed by atoms with Crippen molar-refractivity contribution in [2.45, 2.75) is 20.3 Å². The highest BCUT2D eigenvalue weighted by atomic mass is 16.4. The van der Waals surface area contributed by atoms with Crippen molar-refractivity contribution in [1.82, 2.24) is 4.90 Å². The molecule has 0 aromatic carbocycles. The van der Waals surface area contributed by atoms with Crippen LogP contribution in [0.15, 0.2) is 0 Å². The first-order valence-corrected chi connectivity index (χ1v) is 5.06.